The molecule has 3 aromatic heterocycles. The number of phenols is 1. The Morgan fingerprint density at radius 3 is 1.76 bits per heavy atom. The van der Waals surface area contributed by atoms with Gasteiger partial charge in [0.1, 0.15) is 11.6 Å². The zero-order valence-corrected chi connectivity index (χ0v) is 28.9. The molecule has 9 aromatic rings. The summed E-state index contributed by atoms with van der Waals surface area (Å²) in [6.07, 6.45) is 0. The molecule has 240 valence electrons. The summed E-state index contributed by atoms with van der Waals surface area (Å²) in [6.45, 7) is 0. The first-order valence-electron chi connectivity index (χ1n) is 17.1. The molecule has 0 bridgehead atoms. The van der Waals surface area contributed by atoms with E-state index in [1.807, 2.05) is 24.3 Å². The van der Waals surface area contributed by atoms with Gasteiger partial charge in [-0.2, -0.15) is 0 Å². The zero-order valence-electron chi connectivity index (χ0n) is 27.2. The standard InChI is InChI=1S/C46H28N2OS2/c49-40-27-29-11-5-4-10-28(29)24-36(40)45-47-43-35-14-6-7-15-37(35)46(44(43)48(45)32-12-2-1-3-13-32)38-25-30(41-16-8-22-50-41)18-20-33(38)34-21-19-31(26-39(34)46)42-17-9-23-51-42/h1-27,49H. The normalized spacial score (nSPS) is 13.3. The van der Waals surface area contributed by atoms with E-state index >= 15 is 0 Å². The number of phenolic OH excluding ortho intramolecular Hbond substituents is 1. The maximum Gasteiger partial charge on any atom is 0.149 e. The molecule has 0 fully saturated rings. The molecular weight excluding hydrogens is 661 g/mol. The maximum absolute atomic E-state index is 11.7. The summed E-state index contributed by atoms with van der Waals surface area (Å²) in [5.41, 5.74) is 12.8. The quantitative estimate of drug-likeness (QED) is 0.200. The summed E-state index contributed by atoms with van der Waals surface area (Å²) in [7, 11) is 0. The molecule has 0 saturated heterocycles. The summed E-state index contributed by atoms with van der Waals surface area (Å²) in [6, 6.07) is 54.2. The fraction of sp³-hybridized carbons (Fsp3) is 0.0217. The number of nitrogens with zero attached hydrogens (tertiary/aromatic N) is 2. The molecule has 5 heteroatoms. The van der Waals surface area contributed by atoms with Crippen molar-refractivity contribution in [2.24, 2.45) is 0 Å². The van der Waals surface area contributed by atoms with Crippen LogP contribution in [0.2, 0.25) is 0 Å². The Labute approximate surface area is 303 Å². The van der Waals surface area contributed by atoms with Crippen molar-refractivity contribution in [2.75, 3.05) is 0 Å². The van der Waals surface area contributed by atoms with Crippen LogP contribution in [0.3, 0.4) is 0 Å². The van der Waals surface area contributed by atoms with E-state index in [-0.39, 0.29) is 5.75 Å². The minimum Gasteiger partial charge on any atom is -0.507 e. The molecule has 0 saturated carbocycles. The van der Waals surface area contributed by atoms with Crippen molar-refractivity contribution in [2.45, 2.75) is 5.41 Å². The van der Waals surface area contributed by atoms with Crippen LogP contribution in [0.4, 0.5) is 0 Å². The lowest BCUT2D eigenvalue weighted by atomic mass is 9.72. The first kappa shape index (κ1) is 28.8. The number of hydrogen-bond donors (Lipinski definition) is 1. The van der Waals surface area contributed by atoms with Crippen molar-refractivity contribution in [1.82, 2.24) is 9.55 Å². The summed E-state index contributed by atoms with van der Waals surface area (Å²) >= 11 is 3.54. The van der Waals surface area contributed by atoms with E-state index in [9.17, 15) is 5.11 Å². The number of thiophene rings is 2. The Kier molecular flexibility index (Phi) is 6.07. The number of imidazole rings is 1. The lowest BCUT2D eigenvalue weighted by Crippen LogP contribution is -2.29. The number of aromatic nitrogens is 2. The molecule has 0 aliphatic heterocycles. The van der Waals surface area contributed by atoms with Gasteiger partial charge in [-0.15, -0.1) is 22.7 Å². The van der Waals surface area contributed by atoms with E-state index in [4.69, 9.17) is 4.98 Å². The van der Waals surface area contributed by atoms with Crippen LogP contribution < -0.4 is 0 Å². The highest BCUT2D eigenvalue weighted by atomic mass is 32.1. The number of benzene rings is 6. The number of rotatable bonds is 4. The van der Waals surface area contributed by atoms with Crippen LogP contribution in [0, 0.1) is 0 Å². The molecule has 0 radical (unpaired) electrons. The lowest BCUT2D eigenvalue weighted by molar-refractivity contribution is 0.477. The molecule has 6 aromatic carbocycles. The monoisotopic (exact) mass is 688 g/mol. The molecule has 3 heterocycles. The molecule has 1 spiro atoms. The average molecular weight is 689 g/mol. The minimum absolute atomic E-state index is 0.212. The van der Waals surface area contributed by atoms with Crippen LogP contribution in [-0.2, 0) is 5.41 Å². The highest BCUT2D eigenvalue weighted by Crippen LogP contribution is 2.64. The largest absolute Gasteiger partial charge is 0.507 e. The fourth-order valence-electron chi connectivity index (χ4n) is 8.58. The first-order valence-corrected chi connectivity index (χ1v) is 18.8. The van der Waals surface area contributed by atoms with Crippen molar-refractivity contribution in [1.29, 1.82) is 0 Å². The SMILES string of the molecule is Oc1cc2ccccc2cc1-c1nc2c(n1-c1ccccc1)C1(c3cc(-c4cccs4)ccc3-c3ccc(-c4cccs4)cc31)c1ccccc1-2. The maximum atomic E-state index is 11.7. The van der Waals surface area contributed by atoms with Gasteiger partial charge in [0.2, 0.25) is 0 Å². The second-order valence-electron chi connectivity index (χ2n) is 13.3. The Morgan fingerprint density at radius 1 is 0.510 bits per heavy atom. The Balaban J connectivity index is 1.31. The van der Waals surface area contributed by atoms with Gasteiger partial charge in [0.15, 0.2) is 0 Å². The Hall–Kier alpha value is -6.01. The molecule has 2 aliphatic carbocycles. The van der Waals surface area contributed by atoms with E-state index < -0.39 is 5.41 Å². The van der Waals surface area contributed by atoms with Gasteiger partial charge in [-0.05, 0) is 109 Å². The van der Waals surface area contributed by atoms with Gasteiger partial charge in [0.05, 0.1) is 22.4 Å². The second-order valence-corrected chi connectivity index (χ2v) is 15.2. The molecule has 0 unspecified atom stereocenters. The van der Waals surface area contributed by atoms with E-state index in [2.05, 4.69) is 143 Å². The number of aromatic hydroxyl groups is 1. The van der Waals surface area contributed by atoms with Crippen molar-refractivity contribution in [3.05, 3.63) is 185 Å². The van der Waals surface area contributed by atoms with Gasteiger partial charge in [0, 0.05) is 21.0 Å². The minimum atomic E-state index is -0.676. The number of hydrogen-bond acceptors (Lipinski definition) is 4. The number of fused-ring (bicyclic) bond motifs is 11. The molecule has 0 atom stereocenters. The Bertz CT molecular complexity index is 2730. The first-order chi connectivity index (χ1) is 25.2. The summed E-state index contributed by atoms with van der Waals surface area (Å²) < 4.78 is 2.33. The predicted molar refractivity (Wildman–Crippen MR) is 211 cm³/mol. The van der Waals surface area contributed by atoms with Crippen molar-refractivity contribution >= 4 is 33.4 Å². The second kappa shape index (κ2) is 10.7. The third kappa shape index (κ3) is 3.96. The molecule has 1 N–H and O–H groups in total. The van der Waals surface area contributed by atoms with Crippen LogP contribution in [0.5, 0.6) is 5.75 Å². The molecular formula is C46H28N2OS2. The molecule has 3 nitrogen and oxygen atoms in total. The zero-order chi connectivity index (χ0) is 33.7. The smallest absolute Gasteiger partial charge is 0.149 e. The third-order valence-electron chi connectivity index (χ3n) is 10.7. The average Bonchev–Trinajstić information content (AvgIpc) is 4.02. The van der Waals surface area contributed by atoms with E-state index in [1.165, 1.54) is 48.7 Å². The summed E-state index contributed by atoms with van der Waals surface area (Å²) in [5, 5.41) is 18.1. The lowest BCUT2D eigenvalue weighted by Gasteiger charge is -2.32. The molecule has 51 heavy (non-hydrogen) atoms. The van der Waals surface area contributed by atoms with Gasteiger partial charge in [-0.3, -0.25) is 4.57 Å². The molecule has 0 amide bonds. The van der Waals surface area contributed by atoms with Crippen LogP contribution in [0.25, 0.3) is 71.1 Å². The van der Waals surface area contributed by atoms with Crippen molar-refractivity contribution in [3.8, 4) is 66.1 Å². The fourth-order valence-corrected chi connectivity index (χ4v) is 10.0. The van der Waals surface area contributed by atoms with Gasteiger partial charge < -0.3 is 5.11 Å². The van der Waals surface area contributed by atoms with Crippen molar-refractivity contribution in [3.63, 3.8) is 0 Å². The summed E-state index contributed by atoms with van der Waals surface area (Å²) in [4.78, 5) is 8.05. The molecule has 2 aliphatic rings. The van der Waals surface area contributed by atoms with Crippen LogP contribution >= 0.6 is 22.7 Å². The predicted octanol–water partition coefficient (Wildman–Crippen LogP) is 12.2. The Morgan fingerprint density at radius 2 is 1.12 bits per heavy atom. The van der Waals surface area contributed by atoms with Gasteiger partial charge >= 0.3 is 0 Å². The topological polar surface area (TPSA) is 38.1 Å². The third-order valence-corrected chi connectivity index (χ3v) is 12.5. The van der Waals surface area contributed by atoms with Crippen LogP contribution in [0.1, 0.15) is 22.4 Å². The molecule has 11 rings (SSSR count). The van der Waals surface area contributed by atoms with Crippen LogP contribution in [0.15, 0.2) is 162 Å². The van der Waals surface area contributed by atoms with Gasteiger partial charge in [-0.1, -0.05) is 103 Å². The van der Waals surface area contributed by atoms with Crippen molar-refractivity contribution < 1.29 is 5.11 Å². The highest BCUT2D eigenvalue weighted by molar-refractivity contribution is 7.13. The van der Waals surface area contributed by atoms with Gasteiger partial charge in [0.25, 0.3) is 0 Å². The summed E-state index contributed by atoms with van der Waals surface area (Å²) in [5.74, 6) is 0.936. The van der Waals surface area contributed by atoms with Crippen LogP contribution in [-0.4, -0.2) is 14.7 Å². The van der Waals surface area contributed by atoms with E-state index in [0.717, 1.165) is 39.2 Å². The highest BCUT2D eigenvalue weighted by Gasteiger charge is 2.55. The van der Waals surface area contributed by atoms with Gasteiger partial charge in [-0.25, -0.2) is 4.98 Å². The number of para-hydroxylation sites is 1. The van der Waals surface area contributed by atoms with E-state index in [1.54, 1.807) is 22.7 Å². The van der Waals surface area contributed by atoms with E-state index in [0.29, 0.717) is 5.56 Å².